The number of nitrogens with one attached hydrogen (secondary N) is 2. The Morgan fingerprint density at radius 3 is 2.71 bits per heavy atom. The average molecular weight is 334 g/mol. The molecule has 1 aliphatic rings. The molecule has 2 rings (SSSR count). The maximum Gasteiger partial charge on any atom is 0.287 e. The number of imidazole rings is 1. The highest BCUT2D eigenvalue weighted by molar-refractivity contribution is 5.97. The minimum Gasteiger partial charge on any atom is -0.349 e. The van der Waals surface area contributed by atoms with Crippen LogP contribution in [0.5, 0.6) is 0 Å². The summed E-state index contributed by atoms with van der Waals surface area (Å²) in [6.07, 6.45) is 6.92. The van der Waals surface area contributed by atoms with Crippen molar-refractivity contribution in [1.82, 2.24) is 20.2 Å². The molecular formula is C18H30N4O2. The summed E-state index contributed by atoms with van der Waals surface area (Å²) in [6.45, 7) is 7.56. The Hall–Kier alpha value is -1.85. The monoisotopic (exact) mass is 334 g/mol. The summed E-state index contributed by atoms with van der Waals surface area (Å²) in [6, 6.07) is 0.102. The van der Waals surface area contributed by atoms with Crippen LogP contribution < -0.4 is 10.6 Å². The predicted molar refractivity (Wildman–Crippen MR) is 94.2 cm³/mol. The normalized spacial score (nSPS) is 14.8. The Morgan fingerprint density at radius 1 is 1.21 bits per heavy atom. The Balaban J connectivity index is 2.17. The van der Waals surface area contributed by atoms with E-state index in [4.69, 9.17) is 0 Å². The van der Waals surface area contributed by atoms with Crippen LogP contribution in [0.15, 0.2) is 0 Å². The zero-order valence-corrected chi connectivity index (χ0v) is 15.2. The summed E-state index contributed by atoms with van der Waals surface area (Å²) in [5, 5.41) is 5.90. The molecule has 6 nitrogen and oxygen atoms in total. The third kappa shape index (κ3) is 4.36. The van der Waals surface area contributed by atoms with Crippen molar-refractivity contribution in [2.24, 2.45) is 0 Å². The minimum absolute atomic E-state index is 0.102. The molecule has 2 amide bonds. The third-order valence-electron chi connectivity index (χ3n) is 4.59. The number of nitrogens with zero attached hydrogens (tertiary/aromatic N) is 2. The van der Waals surface area contributed by atoms with Crippen molar-refractivity contribution >= 4 is 11.8 Å². The van der Waals surface area contributed by atoms with E-state index < -0.39 is 0 Å². The lowest BCUT2D eigenvalue weighted by Crippen LogP contribution is -2.33. The Morgan fingerprint density at radius 2 is 2.00 bits per heavy atom. The summed E-state index contributed by atoms with van der Waals surface area (Å²) in [7, 11) is 0. The van der Waals surface area contributed by atoms with Crippen LogP contribution in [0.2, 0.25) is 0 Å². The number of fused-ring (bicyclic) bond motifs is 1. The van der Waals surface area contributed by atoms with Crippen LogP contribution in [0.3, 0.4) is 0 Å². The van der Waals surface area contributed by atoms with E-state index in [1.54, 1.807) is 0 Å². The number of carbonyl (C=O) groups is 2. The second-order valence-electron chi connectivity index (χ2n) is 6.59. The molecule has 0 saturated heterocycles. The molecule has 2 N–H and O–H groups in total. The van der Waals surface area contributed by atoms with Gasteiger partial charge in [-0.25, -0.2) is 4.98 Å². The van der Waals surface area contributed by atoms with E-state index in [0.717, 1.165) is 57.2 Å². The highest BCUT2D eigenvalue weighted by atomic mass is 16.2. The molecule has 134 valence electrons. The summed E-state index contributed by atoms with van der Waals surface area (Å²) in [4.78, 5) is 29.4. The smallest absolute Gasteiger partial charge is 0.287 e. The van der Waals surface area contributed by atoms with Gasteiger partial charge in [-0.15, -0.1) is 0 Å². The van der Waals surface area contributed by atoms with Crippen molar-refractivity contribution in [2.75, 3.05) is 6.54 Å². The van der Waals surface area contributed by atoms with Gasteiger partial charge in [0.25, 0.3) is 11.8 Å². The summed E-state index contributed by atoms with van der Waals surface area (Å²) < 4.78 is 1.93. The highest BCUT2D eigenvalue weighted by Crippen LogP contribution is 2.21. The standard InChI is InChI=1S/C18H30N4O2/c1-4-6-8-11-19-18(24)16-21-15(17(23)20-13(3)5-2)14-10-7-9-12-22(14)16/h13H,4-12H2,1-3H3,(H,19,24)(H,20,23). The van der Waals surface area contributed by atoms with E-state index in [9.17, 15) is 9.59 Å². The number of aromatic nitrogens is 2. The second-order valence-corrected chi connectivity index (χ2v) is 6.59. The van der Waals surface area contributed by atoms with Gasteiger partial charge in [0.05, 0.1) is 5.69 Å². The van der Waals surface area contributed by atoms with Gasteiger partial charge in [0.1, 0.15) is 5.69 Å². The van der Waals surface area contributed by atoms with Gasteiger partial charge >= 0.3 is 0 Å². The molecule has 1 aromatic heterocycles. The SMILES string of the molecule is CCCCCNC(=O)c1nc(C(=O)NC(C)CC)c2n1CCCC2. The first-order valence-corrected chi connectivity index (χ1v) is 9.26. The van der Waals surface area contributed by atoms with Crippen LogP contribution in [-0.2, 0) is 13.0 Å². The number of carbonyl (C=O) groups excluding carboxylic acids is 2. The first-order valence-electron chi connectivity index (χ1n) is 9.26. The van der Waals surface area contributed by atoms with E-state index in [0.29, 0.717) is 18.1 Å². The molecule has 0 fully saturated rings. The van der Waals surface area contributed by atoms with E-state index in [2.05, 4.69) is 22.5 Å². The molecule has 6 heteroatoms. The summed E-state index contributed by atoms with van der Waals surface area (Å²) in [5.74, 6) is 0.0485. The van der Waals surface area contributed by atoms with E-state index >= 15 is 0 Å². The third-order valence-corrected chi connectivity index (χ3v) is 4.59. The molecule has 1 unspecified atom stereocenters. The van der Waals surface area contributed by atoms with Crippen LogP contribution in [0.25, 0.3) is 0 Å². The molecule has 0 bridgehead atoms. The predicted octanol–water partition coefficient (Wildman–Crippen LogP) is 2.67. The number of hydrogen-bond donors (Lipinski definition) is 2. The molecule has 1 aliphatic heterocycles. The fraction of sp³-hybridized carbons (Fsp3) is 0.722. The van der Waals surface area contributed by atoms with Crippen LogP contribution in [0.4, 0.5) is 0 Å². The number of hydrogen-bond acceptors (Lipinski definition) is 3. The summed E-state index contributed by atoms with van der Waals surface area (Å²) >= 11 is 0. The quantitative estimate of drug-likeness (QED) is 0.718. The Kier molecular flexibility index (Phi) is 6.82. The van der Waals surface area contributed by atoms with Crippen LogP contribution in [-0.4, -0.2) is 34.0 Å². The Bertz CT molecular complexity index is 580. The lowest BCUT2D eigenvalue weighted by atomic mass is 10.1. The maximum atomic E-state index is 12.5. The van der Waals surface area contributed by atoms with Crippen molar-refractivity contribution in [3.63, 3.8) is 0 Å². The lowest BCUT2D eigenvalue weighted by Gasteiger charge is -2.17. The molecule has 0 aliphatic carbocycles. The number of unbranched alkanes of at least 4 members (excludes halogenated alkanes) is 2. The molecule has 1 atom stereocenters. The first kappa shape index (κ1) is 18.5. The highest BCUT2D eigenvalue weighted by Gasteiger charge is 2.27. The number of rotatable bonds is 8. The molecule has 1 aromatic rings. The van der Waals surface area contributed by atoms with Gasteiger partial charge in [-0.2, -0.15) is 0 Å². The molecule has 0 aromatic carbocycles. The van der Waals surface area contributed by atoms with Crippen molar-refractivity contribution < 1.29 is 9.59 Å². The van der Waals surface area contributed by atoms with Crippen molar-refractivity contribution in [1.29, 1.82) is 0 Å². The topological polar surface area (TPSA) is 76.0 Å². The van der Waals surface area contributed by atoms with Gasteiger partial charge < -0.3 is 15.2 Å². The van der Waals surface area contributed by atoms with Crippen molar-refractivity contribution in [3.05, 3.63) is 17.2 Å². The minimum atomic E-state index is -0.170. The molecule has 0 radical (unpaired) electrons. The van der Waals surface area contributed by atoms with Gasteiger partial charge in [-0.1, -0.05) is 26.7 Å². The van der Waals surface area contributed by atoms with Gasteiger partial charge in [0, 0.05) is 19.1 Å². The lowest BCUT2D eigenvalue weighted by molar-refractivity contribution is 0.0932. The van der Waals surface area contributed by atoms with E-state index in [1.807, 2.05) is 18.4 Å². The maximum absolute atomic E-state index is 12.5. The van der Waals surface area contributed by atoms with Crippen LogP contribution >= 0.6 is 0 Å². The molecule has 24 heavy (non-hydrogen) atoms. The van der Waals surface area contributed by atoms with E-state index in [-0.39, 0.29) is 17.9 Å². The average Bonchev–Trinajstić information content (AvgIpc) is 2.98. The zero-order chi connectivity index (χ0) is 17.5. The van der Waals surface area contributed by atoms with Gasteiger partial charge in [0.2, 0.25) is 0 Å². The summed E-state index contributed by atoms with van der Waals surface area (Å²) in [5.41, 5.74) is 1.33. The van der Waals surface area contributed by atoms with Crippen molar-refractivity contribution in [3.8, 4) is 0 Å². The largest absolute Gasteiger partial charge is 0.349 e. The van der Waals surface area contributed by atoms with Crippen LogP contribution in [0.1, 0.15) is 86.1 Å². The molecular weight excluding hydrogens is 304 g/mol. The van der Waals surface area contributed by atoms with Crippen molar-refractivity contribution in [2.45, 2.75) is 78.3 Å². The first-order chi connectivity index (χ1) is 11.6. The molecule has 0 spiro atoms. The molecule has 0 saturated carbocycles. The fourth-order valence-corrected chi connectivity index (χ4v) is 2.95. The van der Waals surface area contributed by atoms with Gasteiger partial charge in [-0.05, 0) is 39.0 Å². The fourth-order valence-electron chi connectivity index (χ4n) is 2.95. The number of amides is 2. The Labute approximate surface area is 144 Å². The van der Waals surface area contributed by atoms with Gasteiger partial charge in [-0.3, -0.25) is 9.59 Å². The zero-order valence-electron chi connectivity index (χ0n) is 15.2. The van der Waals surface area contributed by atoms with Crippen LogP contribution in [0, 0.1) is 0 Å². The second kappa shape index (κ2) is 8.85. The molecule has 2 heterocycles. The van der Waals surface area contributed by atoms with Gasteiger partial charge in [0.15, 0.2) is 5.82 Å². The van der Waals surface area contributed by atoms with E-state index in [1.165, 1.54) is 0 Å².